The van der Waals surface area contributed by atoms with Crippen LogP contribution in [0.15, 0.2) is 28.7 Å². The first-order chi connectivity index (χ1) is 15.5. The Bertz CT molecular complexity index is 758. The molecule has 1 aromatic rings. The second-order valence-corrected chi connectivity index (χ2v) is 14.3. The molecule has 33 heavy (non-hydrogen) atoms. The third kappa shape index (κ3) is 6.94. The molecule has 2 aliphatic rings. The molecule has 188 valence electrons. The molecule has 0 spiro atoms. The van der Waals surface area contributed by atoms with Crippen molar-refractivity contribution in [3.63, 3.8) is 0 Å². The number of rotatable bonds is 8. The highest BCUT2D eigenvalue weighted by molar-refractivity contribution is 9.10. The maximum absolute atomic E-state index is 14.6. The largest absolute Gasteiger partial charge is 0.376 e. The molecule has 4 nitrogen and oxygen atoms in total. The van der Waals surface area contributed by atoms with E-state index in [4.69, 9.17) is 9.05 Å². The lowest BCUT2D eigenvalue weighted by atomic mass is 9.75. The van der Waals surface area contributed by atoms with Gasteiger partial charge in [-0.1, -0.05) is 82.4 Å². The Balaban J connectivity index is 1.94. The SMILES string of the molecule is CC(C)[C@H]1CC[C@@H](C)C[C@H]1OP(=O)(O[C@@H]1C[C@H](C)CC[C@@H]1C(C)C)[C@H](O)c1ccc(Br)cc1. The number of benzene rings is 1. The third-order valence-electron chi connectivity index (χ3n) is 7.95. The van der Waals surface area contributed by atoms with Gasteiger partial charge in [0, 0.05) is 4.47 Å². The summed E-state index contributed by atoms with van der Waals surface area (Å²) in [5.74, 6) is 1.24. The van der Waals surface area contributed by atoms with Crippen molar-refractivity contribution in [2.24, 2.45) is 35.5 Å². The molecule has 1 N–H and O–H groups in total. The summed E-state index contributed by atoms with van der Waals surface area (Å²) in [5.41, 5.74) is 0.580. The van der Waals surface area contributed by atoms with Crippen LogP contribution in [0.1, 0.15) is 91.5 Å². The number of hydrogen-bond donors (Lipinski definition) is 1. The second kappa shape index (κ2) is 11.7. The Labute approximate surface area is 209 Å². The fourth-order valence-electron chi connectivity index (χ4n) is 5.81. The molecular formula is C27H44BrO4P. The van der Waals surface area contributed by atoms with Crippen LogP contribution in [0.5, 0.6) is 0 Å². The molecule has 2 fully saturated rings. The van der Waals surface area contributed by atoms with Gasteiger partial charge in [0.1, 0.15) is 0 Å². The molecule has 0 aromatic heterocycles. The van der Waals surface area contributed by atoms with E-state index in [1.165, 1.54) is 12.8 Å². The Morgan fingerprint density at radius 1 is 0.848 bits per heavy atom. The Kier molecular flexibility index (Phi) is 9.71. The monoisotopic (exact) mass is 542 g/mol. The first kappa shape index (κ1) is 27.4. The Morgan fingerprint density at radius 3 is 1.67 bits per heavy atom. The van der Waals surface area contributed by atoms with E-state index in [2.05, 4.69) is 57.5 Å². The van der Waals surface area contributed by atoms with Crippen LogP contribution < -0.4 is 0 Å². The second-order valence-electron chi connectivity index (χ2n) is 11.4. The predicted octanol–water partition coefficient (Wildman–Crippen LogP) is 8.59. The minimum atomic E-state index is -3.85. The fraction of sp³-hybridized carbons (Fsp3) is 0.778. The van der Waals surface area contributed by atoms with Crippen molar-refractivity contribution in [1.29, 1.82) is 0 Å². The van der Waals surface area contributed by atoms with Crippen molar-refractivity contribution in [1.82, 2.24) is 0 Å². The van der Waals surface area contributed by atoms with Gasteiger partial charge in [-0.25, -0.2) is 0 Å². The van der Waals surface area contributed by atoms with Crippen LogP contribution in [0, 0.1) is 35.5 Å². The van der Waals surface area contributed by atoms with Crippen LogP contribution in [0.3, 0.4) is 0 Å². The minimum Gasteiger partial charge on any atom is -0.376 e. The van der Waals surface area contributed by atoms with Gasteiger partial charge in [-0.15, -0.1) is 0 Å². The topological polar surface area (TPSA) is 55.8 Å². The lowest BCUT2D eigenvalue weighted by Crippen LogP contribution is -2.37. The lowest BCUT2D eigenvalue weighted by Gasteiger charge is -2.42. The number of aliphatic hydroxyl groups is 1. The van der Waals surface area contributed by atoms with Crippen molar-refractivity contribution in [3.05, 3.63) is 34.3 Å². The lowest BCUT2D eigenvalue weighted by molar-refractivity contribution is -0.0153. The van der Waals surface area contributed by atoms with Crippen LogP contribution in [-0.2, 0) is 13.6 Å². The molecule has 0 amide bonds. The van der Waals surface area contributed by atoms with Crippen molar-refractivity contribution < 1.29 is 18.7 Å². The maximum atomic E-state index is 14.6. The molecule has 0 bridgehead atoms. The van der Waals surface area contributed by atoms with E-state index in [9.17, 15) is 9.67 Å². The van der Waals surface area contributed by atoms with Crippen LogP contribution >= 0.6 is 23.5 Å². The van der Waals surface area contributed by atoms with E-state index in [0.29, 0.717) is 41.1 Å². The third-order valence-corrected chi connectivity index (χ3v) is 10.5. The zero-order valence-electron chi connectivity index (χ0n) is 21.2. The highest BCUT2D eigenvalue weighted by Gasteiger charge is 2.46. The van der Waals surface area contributed by atoms with Gasteiger partial charge in [0.25, 0.3) is 0 Å². The van der Waals surface area contributed by atoms with Gasteiger partial charge < -0.3 is 14.2 Å². The summed E-state index contributed by atoms with van der Waals surface area (Å²) in [7, 11) is -3.85. The summed E-state index contributed by atoms with van der Waals surface area (Å²) < 4.78 is 28.5. The van der Waals surface area contributed by atoms with Crippen LogP contribution in [-0.4, -0.2) is 17.3 Å². The predicted molar refractivity (Wildman–Crippen MR) is 139 cm³/mol. The molecule has 1 aromatic carbocycles. The van der Waals surface area contributed by atoms with Gasteiger partial charge >= 0.3 is 7.60 Å². The van der Waals surface area contributed by atoms with Gasteiger partial charge in [-0.2, -0.15) is 0 Å². The molecule has 0 radical (unpaired) electrons. The van der Waals surface area contributed by atoms with E-state index in [1.807, 2.05) is 12.1 Å². The van der Waals surface area contributed by atoms with Crippen LogP contribution in [0.25, 0.3) is 0 Å². The highest BCUT2D eigenvalue weighted by Crippen LogP contribution is 2.64. The van der Waals surface area contributed by atoms with Crippen molar-refractivity contribution >= 4 is 23.5 Å². The smallest absolute Gasteiger partial charge is 0.363 e. The summed E-state index contributed by atoms with van der Waals surface area (Å²) in [6.07, 6.45) is 5.85. The minimum absolute atomic E-state index is 0.164. The van der Waals surface area contributed by atoms with Crippen molar-refractivity contribution in [2.75, 3.05) is 0 Å². The zero-order valence-corrected chi connectivity index (χ0v) is 23.7. The summed E-state index contributed by atoms with van der Waals surface area (Å²) in [5, 5.41) is 11.4. The maximum Gasteiger partial charge on any atom is 0.363 e. The number of hydrogen-bond acceptors (Lipinski definition) is 4. The molecule has 7 atom stereocenters. The van der Waals surface area contributed by atoms with Gasteiger partial charge in [-0.05, 0) is 78.9 Å². The Morgan fingerprint density at radius 2 is 1.27 bits per heavy atom. The van der Waals surface area contributed by atoms with Gasteiger partial charge in [0.05, 0.1) is 12.2 Å². The van der Waals surface area contributed by atoms with Crippen molar-refractivity contribution in [2.45, 2.75) is 98.1 Å². The average Bonchev–Trinajstić information content (AvgIpc) is 2.73. The normalized spacial score (nSPS) is 32.3. The first-order valence-electron chi connectivity index (χ1n) is 12.9. The standard InChI is InChI=1S/C27H44BrO4P/c1-17(2)23-13-7-19(5)15-25(23)31-33(30,27(29)21-9-11-22(28)12-10-21)32-26-16-20(6)8-14-24(26)18(3)4/h9-12,17-20,23-27,29H,7-8,13-16H2,1-6H3/t19-,20-,23-,24-,25-,26-,27+/m1/s1. The highest BCUT2D eigenvalue weighted by atomic mass is 79.9. The molecule has 2 aliphatic carbocycles. The van der Waals surface area contributed by atoms with E-state index < -0.39 is 13.4 Å². The van der Waals surface area contributed by atoms with E-state index >= 15 is 0 Å². The molecule has 0 unspecified atom stereocenters. The van der Waals surface area contributed by atoms with Crippen LogP contribution in [0.4, 0.5) is 0 Å². The summed E-state index contributed by atoms with van der Waals surface area (Å²) in [6, 6.07) is 7.34. The first-order valence-corrected chi connectivity index (χ1v) is 15.3. The molecule has 0 heterocycles. The van der Waals surface area contributed by atoms with Gasteiger partial charge in [0.15, 0.2) is 5.85 Å². The van der Waals surface area contributed by atoms with Gasteiger partial charge in [0.2, 0.25) is 0 Å². The molecule has 0 saturated heterocycles. The van der Waals surface area contributed by atoms with Gasteiger partial charge in [-0.3, -0.25) is 4.57 Å². The average molecular weight is 544 g/mol. The van der Waals surface area contributed by atoms with Crippen LogP contribution in [0.2, 0.25) is 0 Å². The summed E-state index contributed by atoms with van der Waals surface area (Å²) in [6.45, 7) is 13.3. The number of halogens is 1. The van der Waals surface area contributed by atoms with E-state index in [-0.39, 0.29) is 12.2 Å². The summed E-state index contributed by atoms with van der Waals surface area (Å²) in [4.78, 5) is 0. The molecule has 0 aliphatic heterocycles. The van der Waals surface area contributed by atoms with Crippen molar-refractivity contribution in [3.8, 4) is 0 Å². The molecule has 2 saturated carbocycles. The molecular weight excluding hydrogens is 499 g/mol. The molecule has 6 heteroatoms. The zero-order chi connectivity index (χ0) is 24.3. The Hall–Kier alpha value is -0.190. The van der Waals surface area contributed by atoms with E-state index in [1.54, 1.807) is 12.1 Å². The van der Waals surface area contributed by atoms with E-state index in [0.717, 1.165) is 30.2 Å². The fourth-order valence-corrected chi connectivity index (χ4v) is 8.13. The quantitative estimate of drug-likeness (QED) is 0.334. The molecule has 3 rings (SSSR count). The summed E-state index contributed by atoms with van der Waals surface area (Å²) >= 11 is 3.45. The number of aliphatic hydroxyl groups excluding tert-OH is 1.